The van der Waals surface area contributed by atoms with Crippen molar-refractivity contribution in [3.8, 4) is 0 Å². The zero-order valence-electron chi connectivity index (χ0n) is 14.1. The van der Waals surface area contributed by atoms with Crippen molar-refractivity contribution in [2.45, 2.75) is 46.1 Å². The van der Waals surface area contributed by atoms with Crippen LogP contribution in [0, 0.1) is 5.92 Å². The summed E-state index contributed by atoms with van der Waals surface area (Å²) >= 11 is 1.68. The van der Waals surface area contributed by atoms with Gasteiger partial charge in [0.2, 0.25) is 0 Å². The van der Waals surface area contributed by atoms with Gasteiger partial charge in [0, 0.05) is 11.4 Å². The van der Waals surface area contributed by atoms with E-state index in [-0.39, 0.29) is 18.2 Å². The van der Waals surface area contributed by atoms with E-state index in [1.165, 1.54) is 10.4 Å². The minimum Gasteiger partial charge on any atom is -0.395 e. The number of fused-ring (bicyclic) bond motifs is 3. The SMILES string of the molecule is CCN(CCO)C(C)c1nc2sc3c(c2c(=O)[nH]1)CCC(C)C3. The van der Waals surface area contributed by atoms with Crippen LogP contribution in [-0.4, -0.2) is 39.7 Å². The fourth-order valence-electron chi connectivity index (χ4n) is 3.49. The molecule has 0 amide bonds. The molecule has 0 radical (unpaired) electrons. The number of aryl methyl sites for hydroxylation is 1. The molecule has 23 heavy (non-hydrogen) atoms. The van der Waals surface area contributed by atoms with Crippen molar-refractivity contribution >= 4 is 21.6 Å². The van der Waals surface area contributed by atoms with E-state index in [1.54, 1.807) is 11.3 Å². The normalized spacial score (nSPS) is 19.3. The number of hydrogen-bond acceptors (Lipinski definition) is 5. The molecular formula is C17H25N3O2S. The van der Waals surface area contributed by atoms with E-state index in [9.17, 15) is 9.90 Å². The number of hydrogen-bond donors (Lipinski definition) is 2. The van der Waals surface area contributed by atoms with Gasteiger partial charge >= 0.3 is 0 Å². The first-order valence-corrected chi connectivity index (χ1v) is 9.26. The number of nitrogens with one attached hydrogen (secondary N) is 1. The number of aliphatic hydroxyl groups is 1. The van der Waals surface area contributed by atoms with Gasteiger partial charge in [0.15, 0.2) is 0 Å². The van der Waals surface area contributed by atoms with Crippen molar-refractivity contribution in [3.05, 3.63) is 26.6 Å². The maximum atomic E-state index is 12.6. The van der Waals surface area contributed by atoms with E-state index in [1.807, 2.05) is 13.8 Å². The minimum atomic E-state index is -0.0118. The Morgan fingerprint density at radius 2 is 2.30 bits per heavy atom. The van der Waals surface area contributed by atoms with Crippen molar-refractivity contribution in [1.82, 2.24) is 14.9 Å². The number of aromatic amines is 1. The highest BCUT2D eigenvalue weighted by molar-refractivity contribution is 7.18. The third kappa shape index (κ3) is 3.07. The van der Waals surface area contributed by atoms with Crippen molar-refractivity contribution in [3.63, 3.8) is 0 Å². The topological polar surface area (TPSA) is 69.2 Å². The van der Waals surface area contributed by atoms with Gasteiger partial charge in [0.25, 0.3) is 5.56 Å². The summed E-state index contributed by atoms with van der Waals surface area (Å²) in [5.41, 5.74) is 1.21. The highest BCUT2D eigenvalue weighted by Gasteiger charge is 2.24. The molecule has 5 nitrogen and oxygen atoms in total. The lowest BCUT2D eigenvalue weighted by Crippen LogP contribution is -2.31. The summed E-state index contributed by atoms with van der Waals surface area (Å²) in [6.07, 6.45) is 3.20. The van der Waals surface area contributed by atoms with E-state index >= 15 is 0 Å². The molecule has 6 heteroatoms. The van der Waals surface area contributed by atoms with Gasteiger partial charge in [0.05, 0.1) is 18.0 Å². The molecule has 0 saturated heterocycles. The number of aromatic nitrogens is 2. The lowest BCUT2D eigenvalue weighted by molar-refractivity contribution is 0.161. The van der Waals surface area contributed by atoms with Crippen molar-refractivity contribution in [2.75, 3.05) is 19.7 Å². The Labute approximate surface area is 140 Å². The molecule has 0 fully saturated rings. The second kappa shape index (κ2) is 6.71. The van der Waals surface area contributed by atoms with Crippen LogP contribution in [0.4, 0.5) is 0 Å². The van der Waals surface area contributed by atoms with Crippen LogP contribution in [0.3, 0.4) is 0 Å². The van der Waals surface area contributed by atoms with Crippen molar-refractivity contribution in [2.24, 2.45) is 5.92 Å². The second-order valence-electron chi connectivity index (χ2n) is 6.51. The van der Waals surface area contributed by atoms with Gasteiger partial charge in [-0.15, -0.1) is 11.3 Å². The standard InChI is InChI=1S/C17H25N3O2S/c1-4-20(7-8-21)11(3)15-18-16(22)14-12-6-5-10(2)9-13(12)23-17(14)19-15/h10-11,21H,4-9H2,1-3H3,(H,18,19,22). The zero-order chi connectivity index (χ0) is 16.6. The quantitative estimate of drug-likeness (QED) is 0.881. The Morgan fingerprint density at radius 3 is 3.00 bits per heavy atom. The van der Waals surface area contributed by atoms with Gasteiger partial charge in [-0.25, -0.2) is 4.98 Å². The third-order valence-corrected chi connectivity index (χ3v) is 6.07. The Morgan fingerprint density at radius 1 is 1.52 bits per heavy atom. The predicted octanol–water partition coefficient (Wildman–Crippen LogP) is 2.48. The maximum Gasteiger partial charge on any atom is 0.259 e. The molecule has 1 aliphatic rings. The summed E-state index contributed by atoms with van der Waals surface area (Å²) in [6, 6.07) is -0.0118. The van der Waals surface area contributed by atoms with Gasteiger partial charge in [-0.05, 0) is 44.2 Å². The third-order valence-electron chi connectivity index (χ3n) is 4.92. The highest BCUT2D eigenvalue weighted by Crippen LogP contribution is 2.36. The van der Waals surface area contributed by atoms with Crippen LogP contribution in [0.1, 0.15) is 49.5 Å². The maximum absolute atomic E-state index is 12.6. The van der Waals surface area contributed by atoms with Crippen LogP contribution in [0.2, 0.25) is 0 Å². The molecular weight excluding hydrogens is 310 g/mol. The first kappa shape index (κ1) is 16.6. The van der Waals surface area contributed by atoms with Gasteiger partial charge in [-0.1, -0.05) is 13.8 Å². The molecule has 0 aromatic carbocycles. The molecule has 0 saturated carbocycles. The van der Waals surface area contributed by atoms with Crippen LogP contribution < -0.4 is 5.56 Å². The molecule has 1 aliphatic carbocycles. The lowest BCUT2D eigenvalue weighted by Gasteiger charge is -2.26. The Kier molecular flexibility index (Phi) is 4.85. The Balaban J connectivity index is 2.03. The first-order chi connectivity index (χ1) is 11.0. The molecule has 0 bridgehead atoms. The Bertz CT molecular complexity index is 752. The molecule has 2 unspecified atom stereocenters. The second-order valence-corrected chi connectivity index (χ2v) is 7.59. The van der Waals surface area contributed by atoms with Crippen LogP contribution in [-0.2, 0) is 12.8 Å². The van der Waals surface area contributed by atoms with E-state index in [4.69, 9.17) is 4.98 Å². The number of H-pyrrole nitrogens is 1. The number of aliphatic hydroxyl groups excluding tert-OH is 1. The lowest BCUT2D eigenvalue weighted by atomic mass is 9.89. The molecule has 2 N–H and O–H groups in total. The molecule has 0 spiro atoms. The molecule has 0 aliphatic heterocycles. The molecule has 126 valence electrons. The summed E-state index contributed by atoms with van der Waals surface area (Å²) in [7, 11) is 0. The highest BCUT2D eigenvalue weighted by atomic mass is 32.1. The molecule has 2 heterocycles. The number of nitrogens with zero attached hydrogens (tertiary/aromatic N) is 2. The summed E-state index contributed by atoms with van der Waals surface area (Å²) < 4.78 is 0. The average molecular weight is 335 g/mol. The summed E-state index contributed by atoms with van der Waals surface area (Å²) in [4.78, 5) is 24.7. The van der Waals surface area contributed by atoms with Crippen LogP contribution in [0.15, 0.2) is 4.79 Å². The fraction of sp³-hybridized carbons (Fsp3) is 0.647. The minimum absolute atomic E-state index is 0.0102. The first-order valence-electron chi connectivity index (χ1n) is 8.44. The van der Waals surface area contributed by atoms with E-state index < -0.39 is 0 Å². The van der Waals surface area contributed by atoms with Gasteiger partial charge in [0.1, 0.15) is 10.7 Å². The average Bonchev–Trinajstić information content (AvgIpc) is 2.89. The van der Waals surface area contributed by atoms with Crippen LogP contribution in [0.25, 0.3) is 10.2 Å². The fourth-order valence-corrected chi connectivity index (χ4v) is 4.88. The zero-order valence-corrected chi connectivity index (χ0v) is 14.9. The van der Waals surface area contributed by atoms with E-state index in [0.717, 1.165) is 36.0 Å². The number of thiophene rings is 1. The molecule has 2 atom stereocenters. The van der Waals surface area contributed by atoms with E-state index in [0.29, 0.717) is 18.3 Å². The predicted molar refractivity (Wildman–Crippen MR) is 94.2 cm³/mol. The van der Waals surface area contributed by atoms with Crippen molar-refractivity contribution in [1.29, 1.82) is 0 Å². The Hall–Kier alpha value is -1.24. The number of likely N-dealkylation sites (N-methyl/N-ethyl adjacent to an activating group) is 1. The molecule has 3 rings (SSSR count). The van der Waals surface area contributed by atoms with Crippen molar-refractivity contribution < 1.29 is 5.11 Å². The largest absolute Gasteiger partial charge is 0.395 e. The van der Waals surface area contributed by atoms with Gasteiger partial charge in [-0.2, -0.15) is 0 Å². The van der Waals surface area contributed by atoms with Gasteiger partial charge < -0.3 is 10.1 Å². The summed E-state index contributed by atoms with van der Waals surface area (Å²) in [5, 5.41) is 10.00. The monoisotopic (exact) mass is 335 g/mol. The molecule has 2 aromatic rings. The molecule has 2 aromatic heterocycles. The summed E-state index contributed by atoms with van der Waals surface area (Å²) in [6.45, 7) is 7.84. The van der Waals surface area contributed by atoms with E-state index in [2.05, 4.69) is 16.8 Å². The summed E-state index contributed by atoms with van der Waals surface area (Å²) in [5.74, 6) is 1.39. The smallest absolute Gasteiger partial charge is 0.259 e. The van der Waals surface area contributed by atoms with Crippen LogP contribution in [0.5, 0.6) is 0 Å². The van der Waals surface area contributed by atoms with Gasteiger partial charge in [-0.3, -0.25) is 9.69 Å². The van der Waals surface area contributed by atoms with Crippen LogP contribution >= 0.6 is 11.3 Å². The number of rotatable bonds is 5.